The average Bonchev–Trinajstić information content (AvgIpc) is 4.14. The lowest BCUT2D eigenvalue weighted by atomic mass is 9.95. The summed E-state index contributed by atoms with van der Waals surface area (Å²) in [4.78, 5) is 10.9. The molecule has 0 amide bonds. The molecule has 10 aromatic carbocycles. The summed E-state index contributed by atoms with van der Waals surface area (Å²) in [6, 6.07) is 84.2. The second-order valence-electron chi connectivity index (χ2n) is 18.9. The van der Waals surface area contributed by atoms with Crippen LogP contribution in [-0.2, 0) is 0 Å². The van der Waals surface area contributed by atoms with Crippen molar-refractivity contribution in [1.82, 2.24) is 19.1 Å². The summed E-state index contributed by atoms with van der Waals surface area (Å²) in [6.45, 7) is 0. The van der Waals surface area contributed by atoms with Gasteiger partial charge in [0.05, 0.1) is 44.8 Å². The molecule has 0 bridgehead atoms. The predicted molar refractivity (Wildman–Crippen MR) is 291 cm³/mol. The maximum Gasteiger partial charge on any atom is 0.0794 e. The summed E-state index contributed by atoms with van der Waals surface area (Å²) in [5.74, 6) is 0. The van der Waals surface area contributed by atoms with Gasteiger partial charge in [-0.05, 0) is 141 Å². The molecule has 0 fully saturated rings. The first-order valence-corrected chi connectivity index (χ1v) is 24.1. The summed E-state index contributed by atoms with van der Waals surface area (Å²) in [5, 5.41) is 9.92. The van der Waals surface area contributed by atoms with Crippen molar-refractivity contribution >= 4 is 65.2 Å². The topological polar surface area (TPSA) is 35.6 Å². The molecular weight excluding hydrogens is 849 g/mol. The van der Waals surface area contributed by atoms with Crippen molar-refractivity contribution in [2.24, 2.45) is 0 Å². The Morgan fingerprint density at radius 3 is 1.47 bits per heavy atom. The molecule has 0 N–H and O–H groups in total. The van der Waals surface area contributed by atoms with E-state index in [9.17, 15) is 0 Å². The zero-order valence-electron chi connectivity index (χ0n) is 37.7. The molecular formula is C66H38N4. The quantitative estimate of drug-likeness (QED) is 0.173. The van der Waals surface area contributed by atoms with Crippen LogP contribution in [0.1, 0.15) is 0 Å². The standard InChI is InChI=1S/C66H38N4/c1-3-15-45(16-4-1)69-59-23-8-7-19-47(59)55-36-41(26-33-60(55)69)57-31-29-51-56-37-44(34-43-14-11-22-53(64(43)56)66(51)67-57)40-25-32-61-54(35-40)48-27-24-42(38-62(48)70(61)46-17-5-2-6-18-46)58-30-28-50-49-20-9-12-39-13-10-21-52(63(39)49)65(50)68-58/h1-38H. The highest BCUT2D eigenvalue weighted by Gasteiger charge is 2.26. The Labute approximate surface area is 402 Å². The Bertz CT molecular complexity index is 4570. The Morgan fingerprint density at radius 1 is 0.257 bits per heavy atom. The molecule has 14 aromatic rings. The maximum absolute atomic E-state index is 5.47. The summed E-state index contributed by atoms with van der Waals surface area (Å²) in [5.41, 5.74) is 22.9. The van der Waals surface area contributed by atoms with Gasteiger partial charge in [0.25, 0.3) is 0 Å². The second kappa shape index (κ2) is 14.1. The number of pyridine rings is 2. The molecule has 0 saturated heterocycles. The molecule has 4 aromatic heterocycles. The van der Waals surface area contributed by atoms with E-state index in [4.69, 9.17) is 9.97 Å². The van der Waals surface area contributed by atoms with Gasteiger partial charge in [-0.2, -0.15) is 0 Å². The van der Waals surface area contributed by atoms with E-state index in [0.29, 0.717) is 0 Å². The summed E-state index contributed by atoms with van der Waals surface area (Å²) in [6.07, 6.45) is 0. The van der Waals surface area contributed by atoms with E-state index in [1.807, 2.05) is 0 Å². The van der Waals surface area contributed by atoms with Gasteiger partial charge in [0.2, 0.25) is 0 Å². The van der Waals surface area contributed by atoms with Crippen molar-refractivity contribution in [2.75, 3.05) is 0 Å². The minimum atomic E-state index is 0.972. The van der Waals surface area contributed by atoms with Crippen molar-refractivity contribution < 1.29 is 0 Å². The van der Waals surface area contributed by atoms with E-state index in [-0.39, 0.29) is 0 Å². The predicted octanol–water partition coefficient (Wildman–Crippen LogP) is 17.3. The molecule has 322 valence electrons. The van der Waals surface area contributed by atoms with Crippen LogP contribution in [0.5, 0.6) is 0 Å². The lowest BCUT2D eigenvalue weighted by Crippen LogP contribution is -1.94. The fourth-order valence-corrected chi connectivity index (χ4v) is 12.1. The van der Waals surface area contributed by atoms with Gasteiger partial charge in [0.1, 0.15) is 0 Å². The fraction of sp³-hybridized carbons (Fsp3) is 0. The number of nitrogens with zero attached hydrogens (tertiary/aromatic N) is 4. The molecule has 0 aliphatic heterocycles. The van der Waals surface area contributed by atoms with Crippen molar-refractivity contribution in [1.29, 1.82) is 0 Å². The minimum absolute atomic E-state index is 0.972. The third kappa shape index (κ3) is 5.25. The first-order chi connectivity index (χ1) is 34.7. The first-order valence-electron chi connectivity index (χ1n) is 24.1. The Balaban J connectivity index is 0.807. The highest BCUT2D eigenvalue weighted by Crippen LogP contribution is 2.50. The van der Waals surface area contributed by atoms with Gasteiger partial charge >= 0.3 is 0 Å². The average molecular weight is 887 g/mol. The second-order valence-corrected chi connectivity index (χ2v) is 18.9. The molecule has 70 heavy (non-hydrogen) atoms. The smallest absolute Gasteiger partial charge is 0.0794 e. The maximum atomic E-state index is 5.47. The monoisotopic (exact) mass is 886 g/mol. The molecule has 16 rings (SSSR count). The van der Waals surface area contributed by atoms with Gasteiger partial charge in [-0.25, -0.2) is 9.97 Å². The summed E-state index contributed by atoms with van der Waals surface area (Å²) in [7, 11) is 0. The van der Waals surface area contributed by atoms with Gasteiger partial charge in [0, 0.05) is 66.3 Å². The van der Waals surface area contributed by atoms with Crippen LogP contribution < -0.4 is 0 Å². The zero-order chi connectivity index (χ0) is 45.6. The van der Waals surface area contributed by atoms with Gasteiger partial charge in [-0.3, -0.25) is 0 Å². The Hall–Kier alpha value is -9.38. The highest BCUT2D eigenvalue weighted by atomic mass is 15.0. The van der Waals surface area contributed by atoms with Gasteiger partial charge in [-0.15, -0.1) is 0 Å². The van der Waals surface area contributed by atoms with Gasteiger partial charge in [0.15, 0.2) is 0 Å². The Kier molecular flexibility index (Phi) is 7.58. The molecule has 2 aliphatic carbocycles. The molecule has 4 heteroatoms. The van der Waals surface area contributed by atoms with Crippen LogP contribution in [0.3, 0.4) is 0 Å². The number of para-hydroxylation sites is 3. The number of hydrogen-bond donors (Lipinski definition) is 0. The zero-order valence-corrected chi connectivity index (χ0v) is 37.7. The third-order valence-corrected chi connectivity index (χ3v) is 15.2. The normalized spacial score (nSPS) is 12.3. The van der Waals surface area contributed by atoms with Crippen molar-refractivity contribution in [3.05, 3.63) is 231 Å². The first kappa shape index (κ1) is 37.7. The van der Waals surface area contributed by atoms with Crippen molar-refractivity contribution in [2.45, 2.75) is 0 Å². The Morgan fingerprint density at radius 2 is 0.771 bits per heavy atom. The van der Waals surface area contributed by atoms with Crippen LogP contribution in [-0.4, -0.2) is 19.1 Å². The van der Waals surface area contributed by atoms with Gasteiger partial charge < -0.3 is 9.13 Å². The number of aromatic nitrogens is 4. The molecule has 2 aliphatic rings. The third-order valence-electron chi connectivity index (χ3n) is 15.2. The molecule has 0 spiro atoms. The van der Waals surface area contributed by atoms with Crippen LogP contribution in [0.2, 0.25) is 0 Å². The highest BCUT2D eigenvalue weighted by molar-refractivity contribution is 6.18. The van der Waals surface area contributed by atoms with E-state index in [0.717, 1.165) is 50.8 Å². The van der Waals surface area contributed by atoms with Crippen LogP contribution in [0.4, 0.5) is 0 Å². The molecule has 4 heterocycles. The number of hydrogen-bond acceptors (Lipinski definition) is 2. The van der Waals surface area contributed by atoms with Gasteiger partial charge in [-0.1, -0.05) is 133 Å². The molecule has 4 nitrogen and oxygen atoms in total. The summed E-state index contributed by atoms with van der Waals surface area (Å²) < 4.78 is 4.77. The number of rotatable bonds is 5. The van der Waals surface area contributed by atoms with E-state index < -0.39 is 0 Å². The van der Waals surface area contributed by atoms with Crippen LogP contribution in [0.25, 0.3) is 155 Å². The van der Waals surface area contributed by atoms with Crippen LogP contribution >= 0.6 is 0 Å². The lowest BCUT2D eigenvalue weighted by Gasteiger charge is -2.10. The van der Waals surface area contributed by atoms with E-state index >= 15 is 0 Å². The minimum Gasteiger partial charge on any atom is -0.309 e. The van der Waals surface area contributed by atoms with E-state index in [2.05, 4.69) is 240 Å². The van der Waals surface area contributed by atoms with Crippen LogP contribution in [0.15, 0.2) is 231 Å². The fourth-order valence-electron chi connectivity index (χ4n) is 12.1. The molecule has 0 saturated carbocycles. The molecule has 0 atom stereocenters. The molecule has 0 radical (unpaired) electrons. The van der Waals surface area contributed by atoms with Crippen molar-refractivity contribution in [3.8, 4) is 89.8 Å². The van der Waals surface area contributed by atoms with Crippen LogP contribution in [0, 0.1) is 0 Å². The molecule has 0 unspecified atom stereocenters. The SMILES string of the molecule is c1ccc(-n2c3ccccc3c3cc(-c4ccc5c(n4)-c4cccc6cc(-c7ccc8c(c7)c7ccc(-c9ccc%10c(n9)-c9cccc%11cccc-%10c9%11)cc7n8-c7ccccc7)cc-5c46)ccc32)cc1. The largest absolute Gasteiger partial charge is 0.309 e. The van der Waals surface area contributed by atoms with E-state index in [1.165, 1.54) is 104 Å². The summed E-state index contributed by atoms with van der Waals surface area (Å²) >= 11 is 0. The number of benzene rings is 10. The lowest BCUT2D eigenvalue weighted by molar-refractivity contribution is 1.18. The van der Waals surface area contributed by atoms with E-state index in [1.54, 1.807) is 0 Å². The number of fused-ring (bicyclic) bond motifs is 12. The van der Waals surface area contributed by atoms with Crippen molar-refractivity contribution in [3.63, 3.8) is 0 Å².